The number of unbranched alkanes of at least 4 members (excludes halogenated alkanes) is 1. The number of rotatable bonds is 11. The fraction of sp³-hybridized carbons (Fsp3) is 0.722. The van der Waals surface area contributed by atoms with Crippen molar-refractivity contribution in [3.8, 4) is 0 Å². The van der Waals surface area contributed by atoms with Crippen LogP contribution in [0.15, 0.2) is 10.5 Å². The second kappa shape index (κ2) is 12.7. The molecule has 0 bridgehead atoms. The van der Waals surface area contributed by atoms with E-state index in [1.807, 2.05) is 6.92 Å². The zero-order valence-electron chi connectivity index (χ0n) is 16.0. The number of hydrogen-bond donors (Lipinski definition) is 3. The first-order valence-corrected chi connectivity index (χ1v) is 10.2. The molecular formula is C18H33N5OS. The van der Waals surface area contributed by atoms with E-state index in [0.29, 0.717) is 23.9 Å². The number of carbonyl (C=O) groups is 1. The third kappa shape index (κ3) is 8.34. The van der Waals surface area contributed by atoms with Gasteiger partial charge in [0.1, 0.15) is 4.88 Å². The molecule has 1 rings (SSSR count). The highest BCUT2D eigenvalue weighted by Crippen LogP contribution is 2.12. The number of hydrogen-bond acceptors (Lipinski definition) is 4. The van der Waals surface area contributed by atoms with Gasteiger partial charge in [0.05, 0.1) is 11.2 Å². The molecule has 1 amide bonds. The molecule has 0 fully saturated rings. The van der Waals surface area contributed by atoms with Gasteiger partial charge in [-0.1, -0.05) is 33.1 Å². The average Bonchev–Trinajstić information content (AvgIpc) is 3.04. The number of thiazole rings is 1. The van der Waals surface area contributed by atoms with Crippen molar-refractivity contribution < 1.29 is 4.79 Å². The number of amides is 1. The molecule has 0 aromatic carbocycles. The van der Waals surface area contributed by atoms with Crippen LogP contribution in [-0.2, 0) is 0 Å². The van der Waals surface area contributed by atoms with E-state index in [1.165, 1.54) is 30.6 Å². The van der Waals surface area contributed by atoms with Crippen molar-refractivity contribution in [1.82, 2.24) is 20.9 Å². The number of aryl methyl sites for hydroxylation is 1. The van der Waals surface area contributed by atoms with Gasteiger partial charge in [0, 0.05) is 26.2 Å². The lowest BCUT2D eigenvalue weighted by molar-refractivity contribution is 0.0957. The van der Waals surface area contributed by atoms with Gasteiger partial charge in [0.15, 0.2) is 5.96 Å². The molecule has 1 heterocycles. The van der Waals surface area contributed by atoms with E-state index < -0.39 is 0 Å². The van der Waals surface area contributed by atoms with Crippen LogP contribution in [-0.4, -0.2) is 43.0 Å². The van der Waals surface area contributed by atoms with Gasteiger partial charge in [0.25, 0.3) is 5.91 Å². The first-order valence-electron chi connectivity index (χ1n) is 9.32. The Kier molecular flexibility index (Phi) is 10.9. The monoisotopic (exact) mass is 367 g/mol. The smallest absolute Gasteiger partial charge is 0.263 e. The first kappa shape index (κ1) is 21.4. The molecule has 0 radical (unpaired) electrons. The van der Waals surface area contributed by atoms with Crippen LogP contribution in [0.4, 0.5) is 0 Å². The van der Waals surface area contributed by atoms with Gasteiger partial charge in [0.2, 0.25) is 0 Å². The highest BCUT2D eigenvalue weighted by Gasteiger charge is 2.10. The fourth-order valence-electron chi connectivity index (χ4n) is 2.44. The van der Waals surface area contributed by atoms with Crippen molar-refractivity contribution in [3.05, 3.63) is 16.1 Å². The van der Waals surface area contributed by atoms with Crippen LogP contribution in [0.25, 0.3) is 0 Å². The maximum Gasteiger partial charge on any atom is 0.263 e. The van der Waals surface area contributed by atoms with Crippen molar-refractivity contribution in [1.29, 1.82) is 0 Å². The summed E-state index contributed by atoms with van der Waals surface area (Å²) in [7, 11) is 0. The summed E-state index contributed by atoms with van der Waals surface area (Å²) in [5, 5.41) is 9.46. The number of guanidine groups is 1. The molecule has 6 nitrogen and oxygen atoms in total. The summed E-state index contributed by atoms with van der Waals surface area (Å²) in [6.07, 6.45) is 4.89. The maximum absolute atomic E-state index is 12.0. The number of aromatic nitrogens is 1. The number of aliphatic imine (C=N–C) groups is 1. The molecule has 25 heavy (non-hydrogen) atoms. The second-order valence-electron chi connectivity index (χ2n) is 6.09. The van der Waals surface area contributed by atoms with Crippen LogP contribution < -0.4 is 16.0 Å². The Morgan fingerprint density at radius 1 is 1.24 bits per heavy atom. The Morgan fingerprint density at radius 2 is 2.00 bits per heavy atom. The first-order chi connectivity index (χ1) is 12.1. The van der Waals surface area contributed by atoms with E-state index in [1.54, 1.807) is 5.51 Å². The molecule has 1 aromatic rings. The molecule has 3 N–H and O–H groups in total. The zero-order chi connectivity index (χ0) is 18.5. The summed E-state index contributed by atoms with van der Waals surface area (Å²) in [4.78, 5) is 21.5. The molecule has 0 aliphatic heterocycles. The van der Waals surface area contributed by atoms with Crippen LogP contribution in [0, 0.1) is 12.8 Å². The summed E-state index contributed by atoms with van der Waals surface area (Å²) in [6, 6.07) is 0. The summed E-state index contributed by atoms with van der Waals surface area (Å²) >= 11 is 1.37. The fourth-order valence-corrected chi connectivity index (χ4v) is 3.16. The molecule has 0 saturated carbocycles. The molecule has 142 valence electrons. The summed E-state index contributed by atoms with van der Waals surface area (Å²) < 4.78 is 0. The van der Waals surface area contributed by atoms with Gasteiger partial charge >= 0.3 is 0 Å². The second-order valence-corrected chi connectivity index (χ2v) is 6.94. The van der Waals surface area contributed by atoms with Gasteiger partial charge in [-0.05, 0) is 26.2 Å². The summed E-state index contributed by atoms with van der Waals surface area (Å²) in [5.74, 6) is 1.40. The SMILES string of the molecule is CCCCC(CC)CN=C(NCC)NCCNC(=O)c1scnc1C. The minimum absolute atomic E-state index is 0.0608. The van der Waals surface area contributed by atoms with E-state index in [4.69, 9.17) is 4.99 Å². The highest BCUT2D eigenvalue weighted by atomic mass is 32.1. The minimum Gasteiger partial charge on any atom is -0.357 e. The Balaban J connectivity index is 2.37. The molecule has 1 unspecified atom stereocenters. The van der Waals surface area contributed by atoms with Crippen molar-refractivity contribution >= 4 is 23.2 Å². The lowest BCUT2D eigenvalue weighted by atomic mass is 10.00. The van der Waals surface area contributed by atoms with Gasteiger partial charge in [-0.25, -0.2) is 4.98 Å². The average molecular weight is 368 g/mol. The van der Waals surface area contributed by atoms with Crippen LogP contribution in [0.1, 0.15) is 61.8 Å². The molecule has 7 heteroatoms. The third-order valence-corrected chi connectivity index (χ3v) is 4.98. The maximum atomic E-state index is 12.0. The summed E-state index contributed by atoms with van der Waals surface area (Å²) in [6.45, 7) is 11.2. The topological polar surface area (TPSA) is 78.4 Å². The van der Waals surface area contributed by atoms with E-state index in [2.05, 4.69) is 41.7 Å². The molecule has 1 atom stereocenters. The zero-order valence-corrected chi connectivity index (χ0v) is 16.8. The van der Waals surface area contributed by atoms with Crippen LogP contribution in [0.5, 0.6) is 0 Å². The van der Waals surface area contributed by atoms with Crippen molar-refractivity contribution in [2.45, 2.75) is 53.4 Å². The predicted octanol–water partition coefficient (Wildman–Crippen LogP) is 2.95. The van der Waals surface area contributed by atoms with Crippen LogP contribution >= 0.6 is 11.3 Å². The molecule has 0 aliphatic rings. The molecular weight excluding hydrogens is 334 g/mol. The number of nitrogens with zero attached hydrogens (tertiary/aromatic N) is 2. The Morgan fingerprint density at radius 3 is 2.60 bits per heavy atom. The van der Waals surface area contributed by atoms with Gasteiger partial charge in [-0.2, -0.15) is 0 Å². The highest BCUT2D eigenvalue weighted by molar-refractivity contribution is 7.11. The van der Waals surface area contributed by atoms with Gasteiger partial charge in [-0.3, -0.25) is 9.79 Å². The van der Waals surface area contributed by atoms with E-state index in [-0.39, 0.29) is 5.91 Å². The molecule has 0 spiro atoms. The van der Waals surface area contributed by atoms with Crippen LogP contribution in [0.3, 0.4) is 0 Å². The molecule has 0 saturated heterocycles. The largest absolute Gasteiger partial charge is 0.357 e. The quantitative estimate of drug-likeness (QED) is 0.319. The minimum atomic E-state index is -0.0608. The van der Waals surface area contributed by atoms with Gasteiger partial charge < -0.3 is 16.0 Å². The van der Waals surface area contributed by atoms with E-state index in [0.717, 1.165) is 31.2 Å². The Labute approximate surface area is 155 Å². The van der Waals surface area contributed by atoms with E-state index >= 15 is 0 Å². The standard InChI is InChI=1S/C18H33N5OS/c1-5-8-9-15(6-2)12-22-18(19-7-3)21-11-10-20-17(24)16-14(4)23-13-25-16/h13,15H,5-12H2,1-4H3,(H,20,24)(H2,19,21,22). The Bertz CT molecular complexity index is 529. The molecule has 0 aliphatic carbocycles. The lowest BCUT2D eigenvalue weighted by Gasteiger charge is -2.15. The Hall–Kier alpha value is -1.63. The van der Waals surface area contributed by atoms with Crippen molar-refractivity contribution in [3.63, 3.8) is 0 Å². The molecule has 1 aromatic heterocycles. The van der Waals surface area contributed by atoms with E-state index in [9.17, 15) is 4.79 Å². The normalized spacial score (nSPS) is 12.7. The number of nitrogens with one attached hydrogen (secondary N) is 3. The summed E-state index contributed by atoms with van der Waals surface area (Å²) in [5.41, 5.74) is 2.48. The van der Waals surface area contributed by atoms with Crippen LogP contribution in [0.2, 0.25) is 0 Å². The van der Waals surface area contributed by atoms with Crippen molar-refractivity contribution in [2.75, 3.05) is 26.2 Å². The van der Waals surface area contributed by atoms with Crippen molar-refractivity contribution in [2.24, 2.45) is 10.9 Å². The third-order valence-electron chi connectivity index (χ3n) is 4.05. The lowest BCUT2D eigenvalue weighted by Crippen LogP contribution is -2.41. The van der Waals surface area contributed by atoms with Gasteiger partial charge in [-0.15, -0.1) is 11.3 Å². The number of carbonyl (C=O) groups excluding carboxylic acids is 1. The predicted molar refractivity (Wildman–Crippen MR) is 106 cm³/mol.